The predicted octanol–water partition coefficient (Wildman–Crippen LogP) is 15.0. The summed E-state index contributed by atoms with van der Waals surface area (Å²) < 4.78 is 5.09. The summed E-state index contributed by atoms with van der Waals surface area (Å²) in [5.74, 6) is 0. The van der Waals surface area contributed by atoms with Crippen LogP contribution in [0.1, 0.15) is 0 Å². The molecule has 0 unspecified atom stereocenters. The van der Waals surface area contributed by atoms with E-state index in [0.29, 0.717) is 0 Å². The molecule has 0 saturated carbocycles. The van der Waals surface area contributed by atoms with Gasteiger partial charge in [-0.1, -0.05) is 152 Å². The molecule has 56 heavy (non-hydrogen) atoms. The minimum absolute atomic E-state index is 1.15. The first-order chi connectivity index (χ1) is 27.8. The third kappa shape index (κ3) is 4.52. The Morgan fingerprint density at radius 3 is 1.75 bits per heavy atom. The third-order valence-corrected chi connectivity index (χ3v) is 12.9. The molecule has 0 aliphatic heterocycles. The molecule has 0 spiro atoms. The fourth-order valence-electron chi connectivity index (χ4n) is 9.29. The van der Waals surface area contributed by atoms with Gasteiger partial charge in [0.05, 0.1) is 21.4 Å². The van der Waals surface area contributed by atoms with Gasteiger partial charge in [0, 0.05) is 44.0 Å². The van der Waals surface area contributed by atoms with Crippen LogP contribution < -0.4 is 0 Å². The van der Waals surface area contributed by atoms with Gasteiger partial charge in [-0.2, -0.15) is 0 Å². The van der Waals surface area contributed by atoms with E-state index in [4.69, 9.17) is 4.98 Å². The SMILES string of the molecule is c1ccc(-c2c3ccccc3c(-c3ccccc3)c3cc(-c4cc5c6cnccc6n(-c6cccc7c6sc6ccccc67)c5c5ccccc45)ccc23)cc1. The zero-order valence-corrected chi connectivity index (χ0v) is 31.1. The molecule has 260 valence electrons. The van der Waals surface area contributed by atoms with Crippen LogP contribution in [0, 0.1) is 0 Å². The molecule has 0 amide bonds. The number of hydrogen-bond donors (Lipinski definition) is 0. The first kappa shape index (κ1) is 31.3. The van der Waals surface area contributed by atoms with Crippen LogP contribution in [-0.4, -0.2) is 9.55 Å². The van der Waals surface area contributed by atoms with E-state index < -0.39 is 0 Å². The molecule has 3 heteroatoms. The third-order valence-electron chi connectivity index (χ3n) is 11.7. The molecule has 0 bridgehead atoms. The van der Waals surface area contributed by atoms with E-state index in [1.807, 2.05) is 23.7 Å². The summed E-state index contributed by atoms with van der Waals surface area (Å²) in [7, 11) is 0. The number of benzene rings is 9. The number of rotatable bonds is 4. The molecule has 0 N–H and O–H groups in total. The largest absolute Gasteiger partial charge is 0.307 e. The molecule has 0 saturated heterocycles. The van der Waals surface area contributed by atoms with E-state index in [-0.39, 0.29) is 0 Å². The minimum Gasteiger partial charge on any atom is -0.307 e. The fraction of sp³-hybridized carbons (Fsp3) is 0. The van der Waals surface area contributed by atoms with Gasteiger partial charge in [0.1, 0.15) is 0 Å². The van der Waals surface area contributed by atoms with Crippen molar-refractivity contribution in [2.45, 2.75) is 0 Å². The lowest BCUT2D eigenvalue weighted by Crippen LogP contribution is -1.95. The summed E-state index contributed by atoms with van der Waals surface area (Å²) in [5.41, 5.74) is 11.0. The minimum atomic E-state index is 1.15. The van der Waals surface area contributed by atoms with Gasteiger partial charge in [0.25, 0.3) is 0 Å². The van der Waals surface area contributed by atoms with Crippen molar-refractivity contribution in [2.24, 2.45) is 0 Å². The number of hydrogen-bond acceptors (Lipinski definition) is 2. The molecule has 0 aliphatic rings. The van der Waals surface area contributed by atoms with Crippen molar-refractivity contribution in [1.29, 1.82) is 0 Å². The second-order valence-corrected chi connectivity index (χ2v) is 15.7. The molecule has 0 atom stereocenters. The number of thiophene rings is 1. The lowest BCUT2D eigenvalue weighted by atomic mass is 9.84. The topological polar surface area (TPSA) is 17.8 Å². The van der Waals surface area contributed by atoms with Crippen LogP contribution >= 0.6 is 11.3 Å². The Kier molecular flexibility index (Phi) is 6.83. The molecular weight excluding hydrogens is 697 g/mol. The van der Waals surface area contributed by atoms with Gasteiger partial charge in [0.2, 0.25) is 0 Å². The Morgan fingerprint density at radius 2 is 1.00 bits per heavy atom. The van der Waals surface area contributed by atoms with Gasteiger partial charge in [-0.25, -0.2) is 0 Å². The molecule has 12 rings (SSSR count). The van der Waals surface area contributed by atoms with E-state index in [1.165, 1.54) is 102 Å². The van der Waals surface area contributed by atoms with Crippen LogP contribution in [0.3, 0.4) is 0 Å². The number of nitrogens with zero attached hydrogens (tertiary/aromatic N) is 2. The van der Waals surface area contributed by atoms with Gasteiger partial charge in [-0.05, 0) is 90.6 Å². The van der Waals surface area contributed by atoms with Crippen LogP contribution in [0.15, 0.2) is 194 Å². The van der Waals surface area contributed by atoms with Crippen molar-refractivity contribution in [1.82, 2.24) is 9.55 Å². The van der Waals surface area contributed by atoms with E-state index >= 15 is 0 Å². The molecular formula is C53H32N2S. The van der Waals surface area contributed by atoms with Crippen molar-refractivity contribution < 1.29 is 0 Å². The monoisotopic (exact) mass is 728 g/mol. The summed E-state index contributed by atoms with van der Waals surface area (Å²) in [5, 5.41) is 12.4. The Hall–Kier alpha value is -7.07. The molecule has 2 nitrogen and oxygen atoms in total. The average Bonchev–Trinajstić information content (AvgIpc) is 3.82. The lowest BCUT2D eigenvalue weighted by Gasteiger charge is -2.19. The van der Waals surface area contributed by atoms with E-state index in [9.17, 15) is 0 Å². The van der Waals surface area contributed by atoms with Crippen LogP contribution in [0.5, 0.6) is 0 Å². The van der Waals surface area contributed by atoms with Gasteiger partial charge < -0.3 is 4.57 Å². The Labute approximate surface area is 327 Å². The number of fused-ring (bicyclic) bond motifs is 10. The Morgan fingerprint density at radius 1 is 0.393 bits per heavy atom. The highest BCUT2D eigenvalue weighted by molar-refractivity contribution is 7.26. The predicted molar refractivity (Wildman–Crippen MR) is 240 cm³/mol. The zero-order chi connectivity index (χ0) is 36.7. The van der Waals surface area contributed by atoms with Gasteiger partial charge in [-0.15, -0.1) is 11.3 Å². The highest BCUT2D eigenvalue weighted by Gasteiger charge is 2.22. The maximum absolute atomic E-state index is 4.69. The smallest absolute Gasteiger partial charge is 0.0641 e. The standard InChI is InChI=1S/C53H32N2S/c1-3-14-33(15-4-1)50-38-20-8-9-21-39(38)51(34-16-5-2-6-17-34)44-30-35(26-27-40(44)50)43-31-45-46-32-54-29-28-47(46)55(52(45)41-22-10-7-18-36(41)43)48-24-13-23-42-37-19-11-12-25-49(37)56-53(42)48/h1-32H. The maximum Gasteiger partial charge on any atom is 0.0641 e. The van der Waals surface area contributed by atoms with Crippen molar-refractivity contribution in [3.05, 3.63) is 194 Å². The van der Waals surface area contributed by atoms with Gasteiger partial charge >= 0.3 is 0 Å². The van der Waals surface area contributed by atoms with E-state index in [2.05, 4.69) is 187 Å². The summed E-state index contributed by atoms with van der Waals surface area (Å²) in [6, 6.07) is 66.8. The number of aromatic nitrogens is 2. The summed E-state index contributed by atoms with van der Waals surface area (Å²) in [6.07, 6.45) is 3.97. The molecule has 9 aromatic carbocycles. The maximum atomic E-state index is 4.69. The van der Waals surface area contributed by atoms with Gasteiger partial charge in [-0.3, -0.25) is 4.98 Å². The lowest BCUT2D eigenvalue weighted by molar-refractivity contribution is 1.20. The van der Waals surface area contributed by atoms with Crippen molar-refractivity contribution in [2.75, 3.05) is 0 Å². The molecule has 0 aliphatic carbocycles. The molecule has 12 aromatic rings. The number of pyridine rings is 1. The van der Waals surface area contributed by atoms with Gasteiger partial charge in [0.15, 0.2) is 0 Å². The molecule has 0 fully saturated rings. The second-order valence-electron chi connectivity index (χ2n) is 14.6. The quantitative estimate of drug-likeness (QED) is 0.165. The second kappa shape index (κ2) is 12.2. The fourth-order valence-corrected chi connectivity index (χ4v) is 10.5. The Bertz CT molecular complexity index is 3520. The van der Waals surface area contributed by atoms with Crippen LogP contribution in [0.2, 0.25) is 0 Å². The van der Waals surface area contributed by atoms with Crippen LogP contribution in [0.4, 0.5) is 0 Å². The normalized spacial score (nSPS) is 11.9. The molecule has 0 radical (unpaired) electrons. The zero-order valence-electron chi connectivity index (χ0n) is 30.3. The van der Waals surface area contributed by atoms with Crippen LogP contribution in [-0.2, 0) is 0 Å². The van der Waals surface area contributed by atoms with Crippen molar-refractivity contribution >= 4 is 85.6 Å². The van der Waals surface area contributed by atoms with Crippen molar-refractivity contribution in [3.63, 3.8) is 0 Å². The van der Waals surface area contributed by atoms with Crippen LogP contribution in [0.25, 0.3) is 113 Å². The first-order valence-corrected chi connectivity index (χ1v) is 19.9. The average molecular weight is 729 g/mol. The highest BCUT2D eigenvalue weighted by Crippen LogP contribution is 2.48. The summed E-state index contributed by atoms with van der Waals surface area (Å²) in [4.78, 5) is 4.69. The van der Waals surface area contributed by atoms with E-state index in [0.717, 1.165) is 10.9 Å². The molecule has 3 aromatic heterocycles. The Balaban J connectivity index is 1.19. The van der Waals surface area contributed by atoms with E-state index in [1.54, 1.807) is 0 Å². The summed E-state index contributed by atoms with van der Waals surface area (Å²) >= 11 is 1.87. The highest BCUT2D eigenvalue weighted by atomic mass is 32.1. The molecule has 3 heterocycles. The van der Waals surface area contributed by atoms with Crippen molar-refractivity contribution in [3.8, 4) is 39.1 Å². The first-order valence-electron chi connectivity index (χ1n) is 19.1. The summed E-state index contributed by atoms with van der Waals surface area (Å²) in [6.45, 7) is 0.